The van der Waals surface area contributed by atoms with Crippen molar-refractivity contribution in [3.8, 4) is 0 Å². The van der Waals surface area contributed by atoms with E-state index < -0.39 is 11.6 Å². The minimum Gasteiger partial charge on any atom is -0.481 e. The lowest BCUT2D eigenvalue weighted by Gasteiger charge is -2.32. The van der Waals surface area contributed by atoms with Gasteiger partial charge in [0.05, 0.1) is 17.6 Å². The van der Waals surface area contributed by atoms with Crippen molar-refractivity contribution in [3.05, 3.63) is 6.20 Å². The monoisotopic (exact) mass is 241 g/mol. The molecule has 0 unspecified atom stereocenters. The van der Waals surface area contributed by atoms with Crippen molar-refractivity contribution in [1.82, 2.24) is 5.06 Å². The number of rotatable bonds is 4. The summed E-state index contributed by atoms with van der Waals surface area (Å²) in [5.74, 6) is 0.569. The molecule has 17 heavy (non-hydrogen) atoms. The van der Waals surface area contributed by atoms with Gasteiger partial charge in [0, 0.05) is 0 Å². The molecule has 96 valence electrons. The summed E-state index contributed by atoms with van der Waals surface area (Å²) in [6, 6.07) is -0.0585. The minimum absolute atomic E-state index is 0.0585. The van der Waals surface area contributed by atoms with Crippen LogP contribution >= 0.6 is 0 Å². The third-order valence-electron chi connectivity index (χ3n) is 2.67. The van der Waals surface area contributed by atoms with Crippen molar-refractivity contribution in [3.63, 3.8) is 0 Å². The predicted molar refractivity (Wildman–Crippen MR) is 61.7 cm³/mol. The second kappa shape index (κ2) is 5.34. The molecule has 0 aliphatic heterocycles. The van der Waals surface area contributed by atoms with Crippen LogP contribution in [-0.2, 0) is 14.4 Å². The predicted octanol–water partition coefficient (Wildman–Crippen LogP) is 1.62. The molecule has 1 saturated carbocycles. The maximum Gasteiger partial charge on any atom is 0.306 e. The van der Waals surface area contributed by atoms with Crippen LogP contribution in [0.5, 0.6) is 0 Å². The summed E-state index contributed by atoms with van der Waals surface area (Å²) in [4.78, 5) is 26.9. The van der Waals surface area contributed by atoms with E-state index in [2.05, 4.69) is 0 Å². The maximum atomic E-state index is 10.9. The van der Waals surface area contributed by atoms with Crippen molar-refractivity contribution in [2.75, 3.05) is 0 Å². The number of hydrogen-bond donors (Lipinski definition) is 1. The fourth-order valence-corrected chi connectivity index (χ4v) is 1.99. The Balaban J connectivity index is 2.67. The molecule has 0 saturated heterocycles. The van der Waals surface area contributed by atoms with Crippen LogP contribution in [0.2, 0.25) is 0 Å². The van der Waals surface area contributed by atoms with E-state index in [0.29, 0.717) is 19.3 Å². The molecule has 0 bridgehead atoms. The first kappa shape index (κ1) is 13.7. The third kappa shape index (κ3) is 4.21. The van der Waals surface area contributed by atoms with Gasteiger partial charge in [-0.2, -0.15) is 0 Å². The van der Waals surface area contributed by atoms with E-state index in [1.807, 2.05) is 20.8 Å². The number of hydroxylamine groups is 2. The van der Waals surface area contributed by atoms with Crippen molar-refractivity contribution >= 4 is 11.9 Å². The first-order valence-corrected chi connectivity index (χ1v) is 5.75. The highest BCUT2D eigenvalue weighted by molar-refractivity contribution is 5.70. The zero-order valence-corrected chi connectivity index (χ0v) is 10.5. The van der Waals surface area contributed by atoms with Gasteiger partial charge in [-0.15, -0.1) is 0 Å². The van der Waals surface area contributed by atoms with Gasteiger partial charge in [0.25, 0.3) is 0 Å². The quantitative estimate of drug-likeness (QED) is 0.598. The molecular formula is C12H19NO4. The molecule has 0 aromatic rings. The van der Waals surface area contributed by atoms with E-state index in [9.17, 15) is 9.59 Å². The average molecular weight is 241 g/mol. The molecule has 1 N–H and O–H groups in total. The molecule has 0 radical (unpaired) electrons. The van der Waals surface area contributed by atoms with Crippen molar-refractivity contribution in [2.24, 2.45) is 5.92 Å². The topological polar surface area (TPSA) is 66.8 Å². The molecule has 5 heteroatoms. The van der Waals surface area contributed by atoms with Crippen LogP contribution in [0.25, 0.3) is 0 Å². The lowest BCUT2D eigenvalue weighted by molar-refractivity contribution is -0.218. The third-order valence-corrected chi connectivity index (χ3v) is 2.67. The summed E-state index contributed by atoms with van der Waals surface area (Å²) in [5.41, 5.74) is -0.422. The van der Waals surface area contributed by atoms with E-state index in [1.165, 1.54) is 11.3 Å². The Bertz CT molecular complexity index is 328. The molecule has 0 aromatic heterocycles. The fraction of sp³-hybridized carbons (Fsp3) is 0.750. The molecule has 0 amide bonds. The largest absolute Gasteiger partial charge is 0.481 e. The lowest BCUT2D eigenvalue weighted by Crippen LogP contribution is -2.36. The van der Waals surface area contributed by atoms with Gasteiger partial charge in [-0.05, 0) is 40.0 Å². The summed E-state index contributed by atoms with van der Waals surface area (Å²) in [7, 11) is 0. The van der Waals surface area contributed by atoms with Gasteiger partial charge in [-0.25, -0.2) is 9.86 Å². The van der Waals surface area contributed by atoms with E-state index in [0.717, 1.165) is 0 Å². The summed E-state index contributed by atoms with van der Waals surface area (Å²) in [6.45, 7) is 5.63. The number of carboxylic acid groups (broad SMARTS) is 1. The van der Waals surface area contributed by atoms with Gasteiger partial charge in [-0.3, -0.25) is 9.63 Å². The van der Waals surface area contributed by atoms with Crippen molar-refractivity contribution in [2.45, 2.75) is 51.7 Å². The zero-order valence-electron chi connectivity index (χ0n) is 10.5. The fourth-order valence-electron chi connectivity index (χ4n) is 1.99. The second-order valence-electron chi connectivity index (χ2n) is 5.31. The van der Waals surface area contributed by atoms with Crippen molar-refractivity contribution in [1.29, 1.82) is 0 Å². The highest BCUT2D eigenvalue weighted by atomic mass is 16.7. The number of carboxylic acids is 1. The van der Waals surface area contributed by atoms with Crippen LogP contribution in [0.4, 0.5) is 0 Å². The van der Waals surface area contributed by atoms with Crippen molar-refractivity contribution < 1.29 is 19.5 Å². The molecule has 1 rings (SSSR count). The Labute approximate surface area is 101 Å². The highest BCUT2D eigenvalue weighted by Gasteiger charge is 2.34. The van der Waals surface area contributed by atoms with Crippen LogP contribution in [-0.4, -0.2) is 33.7 Å². The van der Waals surface area contributed by atoms with E-state index in [1.54, 1.807) is 5.94 Å². The van der Waals surface area contributed by atoms with Crippen LogP contribution in [0, 0.1) is 5.92 Å². The Morgan fingerprint density at radius 3 is 2.53 bits per heavy atom. The highest BCUT2D eigenvalue weighted by Crippen LogP contribution is 2.31. The molecule has 0 heterocycles. The SMILES string of the molecule is CC(C)(C)ON(C=C=O)[C@@H]1CC[C@H](C(=O)O)C1. The Kier molecular flexibility index (Phi) is 4.32. The molecule has 2 atom stereocenters. The number of nitrogens with zero attached hydrogens (tertiary/aromatic N) is 1. The molecule has 0 aromatic carbocycles. The number of carbonyl (C=O) groups is 1. The first-order valence-electron chi connectivity index (χ1n) is 5.75. The van der Waals surface area contributed by atoms with Gasteiger partial charge in [0.2, 0.25) is 0 Å². The first-order chi connectivity index (χ1) is 7.83. The molecule has 5 nitrogen and oxygen atoms in total. The van der Waals surface area contributed by atoms with Crippen LogP contribution in [0.3, 0.4) is 0 Å². The molecule has 1 fully saturated rings. The Morgan fingerprint density at radius 2 is 2.12 bits per heavy atom. The van der Waals surface area contributed by atoms with Gasteiger partial charge < -0.3 is 5.11 Å². The van der Waals surface area contributed by atoms with E-state index in [-0.39, 0.29) is 12.0 Å². The normalized spacial score (nSPS) is 24.2. The molecule has 1 aliphatic carbocycles. The summed E-state index contributed by atoms with van der Waals surface area (Å²) < 4.78 is 0. The summed E-state index contributed by atoms with van der Waals surface area (Å²) in [6.07, 6.45) is 3.05. The second-order valence-corrected chi connectivity index (χ2v) is 5.31. The van der Waals surface area contributed by atoms with Gasteiger partial charge >= 0.3 is 5.97 Å². The van der Waals surface area contributed by atoms with Gasteiger partial charge in [-0.1, -0.05) is 0 Å². The maximum absolute atomic E-state index is 10.9. The standard InChI is InChI=1S/C12H19NO4/c1-12(2,3)17-13(6-7-14)10-5-4-9(8-10)11(15)16/h6,9-10H,4-5,8H2,1-3H3,(H,15,16)/t9-,10+/m0/s1. The molecular weight excluding hydrogens is 222 g/mol. The average Bonchev–Trinajstić information content (AvgIpc) is 2.63. The van der Waals surface area contributed by atoms with Crippen LogP contribution in [0.15, 0.2) is 6.20 Å². The van der Waals surface area contributed by atoms with Gasteiger partial charge in [0.15, 0.2) is 0 Å². The number of hydrogen-bond acceptors (Lipinski definition) is 4. The smallest absolute Gasteiger partial charge is 0.306 e. The van der Waals surface area contributed by atoms with Crippen LogP contribution in [0.1, 0.15) is 40.0 Å². The Hall–Kier alpha value is -1.32. The number of aliphatic carboxylic acids is 1. The summed E-state index contributed by atoms with van der Waals surface area (Å²) in [5, 5.41) is 10.4. The number of carbonyl (C=O) groups excluding carboxylic acids is 1. The summed E-state index contributed by atoms with van der Waals surface area (Å²) >= 11 is 0. The lowest BCUT2D eigenvalue weighted by atomic mass is 10.1. The van der Waals surface area contributed by atoms with Gasteiger partial charge in [0.1, 0.15) is 12.1 Å². The zero-order chi connectivity index (χ0) is 13.1. The molecule has 0 spiro atoms. The van der Waals surface area contributed by atoms with E-state index in [4.69, 9.17) is 9.94 Å². The Morgan fingerprint density at radius 1 is 1.47 bits per heavy atom. The minimum atomic E-state index is -0.779. The molecule has 1 aliphatic rings. The van der Waals surface area contributed by atoms with E-state index >= 15 is 0 Å². The van der Waals surface area contributed by atoms with Crippen LogP contribution < -0.4 is 0 Å².